The average Bonchev–Trinajstić information content (AvgIpc) is 3.11. The Balaban J connectivity index is 1.73. The van der Waals surface area contributed by atoms with Crippen LogP contribution in [0, 0.1) is 6.92 Å². The molecular formula is C25H28F2O3. The molecule has 0 spiro atoms. The standard InChI is InChI=1S/C25H28F2O3/c1-17-5-3-6-18(13-17)14-20-7-4-8-21(20)16-30-22-11-9-19(10-12-24(28)29)23(15-22)25(2,26)27/h3,5-6,9,11,13,15H,4,7-8,10,12,14,16H2,1-2H3,(H,28,29). The first kappa shape index (κ1) is 22.0. The van der Waals surface area contributed by atoms with Gasteiger partial charge in [-0.25, -0.2) is 8.78 Å². The van der Waals surface area contributed by atoms with E-state index in [1.165, 1.54) is 28.3 Å². The number of aryl methyl sites for hydroxylation is 2. The normalized spacial score (nSPS) is 14.3. The zero-order valence-corrected chi connectivity index (χ0v) is 17.5. The maximum Gasteiger partial charge on any atom is 0.303 e. The molecule has 0 heterocycles. The van der Waals surface area contributed by atoms with Gasteiger partial charge in [-0.2, -0.15) is 0 Å². The summed E-state index contributed by atoms with van der Waals surface area (Å²) in [5.41, 5.74) is 5.31. The molecule has 0 radical (unpaired) electrons. The maximum absolute atomic E-state index is 14.1. The highest BCUT2D eigenvalue weighted by Gasteiger charge is 2.28. The highest BCUT2D eigenvalue weighted by molar-refractivity contribution is 5.67. The molecule has 0 amide bonds. The van der Waals surface area contributed by atoms with Gasteiger partial charge in [-0.15, -0.1) is 0 Å². The molecule has 0 saturated heterocycles. The number of carboxylic acids is 1. The highest BCUT2D eigenvalue weighted by atomic mass is 19.3. The van der Waals surface area contributed by atoms with Crippen LogP contribution in [0.1, 0.15) is 54.9 Å². The smallest absolute Gasteiger partial charge is 0.303 e. The number of halogens is 2. The predicted molar refractivity (Wildman–Crippen MR) is 113 cm³/mol. The van der Waals surface area contributed by atoms with Crippen molar-refractivity contribution in [3.05, 3.63) is 75.9 Å². The third-order valence-corrected chi connectivity index (χ3v) is 5.53. The molecule has 0 saturated carbocycles. The van der Waals surface area contributed by atoms with E-state index in [1.54, 1.807) is 12.1 Å². The number of hydrogen-bond acceptors (Lipinski definition) is 2. The van der Waals surface area contributed by atoms with Crippen molar-refractivity contribution in [3.63, 3.8) is 0 Å². The summed E-state index contributed by atoms with van der Waals surface area (Å²) in [6, 6.07) is 13.0. The average molecular weight is 414 g/mol. The van der Waals surface area contributed by atoms with Gasteiger partial charge < -0.3 is 9.84 Å². The molecule has 30 heavy (non-hydrogen) atoms. The van der Waals surface area contributed by atoms with Crippen molar-refractivity contribution in [2.45, 2.75) is 58.3 Å². The van der Waals surface area contributed by atoms with Crippen molar-refractivity contribution in [3.8, 4) is 5.75 Å². The molecule has 1 N–H and O–H groups in total. The Kier molecular flexibility index (Phi) is 6.91. The molecule has 1 aliphatic carbocycles. The fourth-order valence-electron chi connectivity index (χ4n) is 4.01. The molecule has 0 bridgehead atoms. The first-order valence-corrected chi connectivity index (χ1v) is 10.3. The quantitative estimate of drug-likeness (QED) is 0.495. The van der Waals surface area contributed by atoms with Gasteiger partial charge in [0.2, 0.25) is 0 Å². The van der Waals surface area contributed by atoms with Crippen LogP contribution in [0.5, 0.6) is 5.75 Å². The summed E-state index contributed by atoms with van der Waals surface area (Å²) in [6.45, 7) is 3.30. The number of carbonyl (C=O) groups is 1. The van der Waals surface area contributed by atoms with E-state index in [0.717, 1.165) is 32.6 Å². The molecule has 0 unspecified atom stereocenters. The Morgan fingerprint density at radius 3 is 2.60 bits per heavy atom. The molecule has 0 aromatic heterocycles. The highest BCUT2D eigenvalue weighted by Crippen LogP contribution is 2.34. The van der Waals surface area contributed by atoms with E-state index >= 15 is 0 Å². The van der Waals surface area contributed by atoms with Crippen LogP contribution in [-0.4, -0.2) is 17.7 Å². The minimum atomic E-state index is -3.06. The van der Waals surface area contributed by atoms with Gasteiger partial charge in [0.25, 0.3) is 5.92 Å². The van der Waals surface area contributed by atoms with E-state index in [4.69, 9.17) is 9.84 Å². The summed E-state index contributed by atoms with van der Waals surface area (Å²) in [7, 11) is 0. The molecular weight excluding hydrogens is 386 g/mol. The predicted octanol–water partition coefficient (Wildman–Crippen LogP) is 6.23. The van der Waals surface area contributed by atoms with E-state index in [2.05, 4.69) is 31.2 Å². The monoisotopic (exact) mass is 414 g/mol. The van der Waals surface area contributed by atoms with E-state index in [9.17, 15) is 13.6 Å². The van der Waals surface area contributed by atoms with Gasteiger partial charge in [-0.3, -0.25) is 4.79 Å². The fraction of sp³-hybridized carbons (Fsp3) is 0.400. The number of ether oxygens (including phenoxy) is 1. The van der Waals surface area contributed by atoms with Crippen molar-refractivity contribution in [1.29, 1.82) is 0 Å². The summed E-state index contributed by atoms with van der Waals surface area (Å²) < 4.78 is 34.1. The van der Waals surface area contributed by atoms with Gasteiger partial charge in [0, 0.05) is 18.9 Å². The van der Waals surface area contributed by atoms with Gasteiger partial charge in [0.05, 0.1) is 0 Å². The number of aliphatic carboxylic acids is 1. The summed E-state index contributed by atoms with van der Waals surface area (Å²) in [5, 5.41) is 8.86. The van der Waals surface area contributed by atoms with Crippen LogP contribution >= 0.6 is 0 Å². The first-order chi connectivity index (χ1) is 14.2. The lowest BCUT2D eigenvalue weighted by Gasteiger charge is -2.18. The van der Waals surface area contributed by atoms with Crippen molar-refractivity contribution >= 4 is 5.97 Å². The second-order valence-electron chi connectivity index (χ2n) is 8.12. The third kappa shape index (κ3) is 5.91. The van der Waals surface area contributed by atoms with Gasteiger partial charge >= 0.3 is 5.97 Å². The van der Waals surface area contributed by atoms with Crippen LogP contribution < -0.4 is 4.74 Å². The number of alkyl halides is 2. The second kappa shape index (κ2) is 9.41. The van der Waals surface area contributed by atoms with Gasteiger partial charge in [-0.05, 0) is 67.9 Å². The molecule has 3 nitrogen and oxygen atoms in total. The third-order valence-electron chi connectivity index (χ3n) is 5.53. The largest absolute Gasteiger partial charge is 0.489 e. The molecule has 0 aliphatic heterocycles. The molecule has 160 valence electrons. The SMILES string of the molecule is Cc1cccc(CC2=C(COc3ccc(CCC(=O)O)c(C(C)(F)F)c3)CCC2)c1. The Labute approximate surface area is 176 Å². The number of benzene rings is 2. The van der Waals surface area contributed by atoms with Crippen LogP contribution in [0.25, 0.3) is 0 Å². The summed E-state index contributed by atoms with van der Waals surface area (Å²) in [5.74, 6) is -3.68. The number of rotatable bonds is 9. The molecule has 5 heteroatoms. The van der Waals surface area contributed by atoms with Crippen LogP contribution in [-0.2, 0) is 23.6 Å². The Morgan fingerprint density at radius 2 is 1.90 bits per heavy atom. The van der Waals surface area contributed by atoms with Crippen LogP contribution in [0.4, 0.5) is 8.78 Å². The summed E-state index contributed by atoms with van der Waals surface area (Å²) in [6.07, 6.45) is 3.88. The van der Waals surface area contributed by atoms with Crippen molar-refractivity contribution in [1.82, 2.24) is 0 Å². The minimum absolute atomic E-state index is 0.0696. The van der Waals surface area contributed by atoms with Gasteiger partial charge in [-0.1, -0.05) is 41.5 Å². The minimum Gasteiger partial charge on any atom is -0.489 e. The molecule has 2 aromatic carbocycles. The van der Waals surface area contributed by atoms with Crippen molar-refractivity contribution in [2.24, 2.45) is 0 Å². The van der Waals surface area contributed by atoms with Gasteiger partial charge in [0.1, 0.15) is 12.4 Å². The van der Waals surface area contributed by atoms with Gasteiger partial charge in [0.15, 0.2) is 0 Å². The Morgan fingerprint density at radius 1 is 1.13 bits per heavy atom. The summed E-state index contributed by atoms with van der Waals surface area (Å²) >= 11 is 0. The summed E-state index contributed by atoms with van der Waals surface area (Å²) in [4.78, 5) is 10.8. The lowest BCUT2D eigenvalue weighted by molar-refractivity contribution is -0.137. The molecule has 0 atom stereocenters. The molecule has 3 rings (SSSR count). The van der Waals surface area contributed by atoms with E-state index < -0.39 is 11.9 Å². The van der Waals surface area contributed by atoms with Crippen molar-refractivity contribution in [2.75, 3.05) is 6.61 Å². The maximum atomic E-state index is 14.1. The Hall–Kier alpha value is -2.69. The number of allylic oxidation sites excluding steroid dienone is 1. The van der Waals surface area contributed by atoms with E-state index in [-0.39, 0.29) is 18.4 Å². The zero-order valence-electron chi connectivity index (χ0n) is 17.5. The number of carboxylic acid groups (broad SMARTS) is 1. The Bertz CT molecular complexity index is 942. The van der Waals surface area contributed by atoms with Crippen LogP contribution in [0.3, 0.4) is 0 Å². The van der Waals surface area contributed by atoms with E-state index in [0.29, 0.717) is 17.9 Å². The fourth-order valence-corrected chi connectivity index (χ4v) is 4.01. The van der Waals surface area contributed by atoms with Crippen LogP contribution in [0.2, 0.25) is 0 Å². The van der Waals surface area contributed by atoms with E-state index in [1.807, 2.05) is 0 Å². The second-order valence-corrected chi connectivity index (χ2v) is 8.12. The van der Waals surface area contributed by atoms with Crippen molar-refractivity contribution < 1.29 is 23.4 Å². The lowest BCUT2D eigenvalue weighted by atomic mass is 9.98. The molecule has 2 aromatic rings. The number of hydrogen-bond donors (Lipinski definition) is 1. The molecule has 0 fully saturated rings. The zero-order chi connectivity index (χ0) is 21.7. The first-order valence-electron chi connectivity index (χ1n) is 10.3. The lowest BCUT2D eigenvalue weighted by Crippen LogP contribution is -2.13. The molecule has 1 aliphatic rings. The van der Waals surface area contributed by atoms with Crippen LogP contribution in [0.15, 0.2) is 53.6 Å². The topological polar surface area (TPSA) is 46.5 Å².